The van der Waals surface area contributed by atoms with Crippen LogP contribution in [-0.4, -0.2) is 18.2 Å². The minimum Gasteiger partial charge on any atom is -0.494 e. The van der Waals surface area contributed by atoms with Crippen molar-refractivity contribution in [1.82, 2.24) is 0 Å². The first kappa shape index (κ1) is 14.7. The standard InChI is InChI=1S/C8H6Cl2O3.K/c1-13-7-5(10)3-2-4(9)6(7)8(11)12;/h2-3H,1H3,(H,11,12);/q;+1. The van der Waals surface area contributed by atoms with Crippen LogP contribution in [0.3, 0.4) is 0 Å². The van der Waals surface area contributed by atoms with Gasteiger partial charge in [-0.25, -0.2) is 4.79 Å². The van der Waals surface area contributed by atoms with E-state index in [-0.39, 0.29) is 72.7 Å². The van der Waals surface area contributed by atoms with Gasteiger partial charge in [0.15, 0.2) is 5.75 Å². The molecule has 70 valence electrons. The molecule has 0 aliphatic heterocycles. The van der Waals surface area contributed by atoms with Crippen molar-refractivity contribution in [2.75, 3.05) is 7.11 Å². The summed E-state index contributed by atoms with van der Waals surface area (Å²) in [6.45, 7) is 0. The Hall–Kier alpha value is 0.706. The number of carboxylic acids is 1. The van der Waals surface area contributed by atoms with Gasteiger partial charge in [0, 0.05) is 0 Å². The van der Waals surface area contributed by atoms with Crippen LogP contribution in [0.1, 0.15) is 10.4 Å². The topological polar surface area (TPSA) is 46.5 Å². The Balaban J connectivity index is 0.00000169. The molecule has 0 bridgehead atoms. The molecular formula is C8H6Cl2KO3+. The molecule has 0 fully saturated rings. The molecule has 1 rings (SSSR count). The third kappa shape index (κ3) is 3.10. The van der Waals surface area contributed by atoms with Crippen LogP contribution in [0.4, 0.5) is 0 Å². The molecule has 0 unspecified atom stereocenters. The number of aromatic carboxylic acids is 1. The van der Waals surface area contributed by atoms with Crippen molar-refractivity contribution in [3.63, 3.8) is 0 Å². The first-order valence-electron chi connectivity index (χ1n) is 3.33. The first-order valence-corrected chi connectivity index (χ1v) is 4.08. The molecule has 0 aromatic heterocycles. The molecule has 6 heteroatoms. The minimum absolute atomic E-state index is 0. The number of ether oxygens (including phenoxy) is 1. The second-order valence-corrected chi connectivity index (χ2v) is 3.06. The van der Waals surface area contributed by atoms with Crippen molar-refractivity contribution in [1.29, 1.82) is 0 Å². The summed E-state index contributed by atoms with van der Waals surface area (Å²) >= 11 is 11.4. The zero-order chi connectivity index (χ0) is 10.0. The SMILES string of the molecule is COc1c(Cl)ccc(Cl)c1C(=O)O.[K+]. The second-order valence-electron chi connectivity index (χ2n) is 2.24. The van der Waals surface area contributed by atoms with Gasteiger partial charge in [0.1, 0.15) is 5.56 Å². The smallest absolute Gasteiger partial charge is 0.494 e. The van der Waals surface area contributed by atoms with E-state index in [2.05, 4.69) is 0 Å². The second kappa shape index (κ2) is 6.32. The van der Waals surface area contributed by atoms with E-state index in [9.17, 15) is 4.79 Å². The maximum Gasteiger partial charge on any atom is 1.00 e. The molecule has 0 saturated carbocycles. The number of carbonyl (C=O) groups is 1. The summed E-state index contributed by atoms with van der Waals surface area (Å²) in [6.07, 6.45) is 0. The van der Waals surface area contributed by atoms with E-state index in [1.54, 1.807) is 0 Å². The van der Waals surface area contributed by atoms with Gasteiger partial charge >= 0.3 is 57.4 Å². The summed E-state index contributed by atoms with van der Waals surface area (Å²) < 4.78 is 4.82. The van der Waals surface area contributed by atoms with E-state index < -0.39 is 5.97 Å². The summed E-state index contributed by atoms with van der Waals surface area (Å²) in [4.78, 5) is 10.7. The Morgan fingerprint density at radius 2 is 1.86 bits per heavy atom. The van der Waals surface area contributed by atoms with E-state index >= 15 is 0 Å². The van der Waals surface area contributed by atoms with Gasteiger partial charge in [0.25, 0.3) is 0 Å². The Labute approximate surface area is 134 Å². The Morgan fingerprint density at radius 3 is 2.21 bits per heavy atom. The minimum atomic E-state index is -1.16. The number of halogens is 2. The third-order valence-corrected chi connectivity index (χ3v) is 2.09. The fraction of sp³-hybridized carbons (Fsp3) is 0.125. The van der Waals surface area contributed by atoms with E-state index in [0.29, 0.717) is 0 Å². The number of hydrogen-bond acceptors (Lipinski definition) is 2. The molecule has 0 amide bonds. The molecule has 0 aliphatic carbocycles. The van der Waals surface area contributed by atoms with Crippen molar-refractivity contribution in [3.05, 3.63) is 27.7 Å². The fourth-order valence-corrected chi connectivity index (χ4v) is 1.40. The number of methoxy groups -OCH3 is 1. The Bertz CT molecular complexity index is 355. The van der Waals surface area contributed by atoms with Gasteiger partial charge in [0.2, 0.25) is 0 Å². The van der Waals surface area contributed by atoms with E-state index in [1.807, 2.05) is 0 Å². The summed E-state index contributed by atoms with van der Waals surface area (Å²) in [5, 5.41) is 9.11. The van der Waals surface area contributed by atoms with Crippen LogP contribution in [0.15, 0.2) is 12.1 Å². The molecule has 1 aromatic rings. The van der Waals surface area contributed by atoms with Crippen LogP contribution in [0.2, 0.25) is 10.0 Å². The van der Waals surface area contributed by atoms with Crippen LogP contribution >= 0.6 is 23.2 Å². The molecule has 0 heterocycles. The average molecular weight is 260 g/mol. The van der Waals surface area contributed by atoms with E-state index in [4.69, 9.17) is 33.0 Å². The quantitative estimate of drug-likeness (QED) is 0.743. The molecule has 3 nitrogen and oxygen atoms in total. The van der Waals surface area contributed by atoms with Gasteiger partial charge in [-0.2, -0.15) is 0 Å². The zero-order valence-electron chi connectivity index (χ0n) is 7.67. The molecule has 0 saturated heterocycles. The Morgan fingerprint density at radius 1 is 1.36 bits per heavy atom. The normalized spacial score (nSPS) is 9.07. The van der Waals surface area contributed by atoms with Crippen LogP contribution in [0.25, 0.3) is 0 Å². The van der Waals surface area contributed by atoms with Gasteiger partial charge < -0.3 is 9.84 Å². The molecule has 0 aliphatic rings. The van der Waals surface area contributed by atoms with Gasteiger partial charge in [-0.15, -0.1) is 0 Å². The van der Waals surface area contributed by atoms with E-state index in [1.165, 1.54) is 19.2 Å². The summed E-state index contributed by atoms with van der Waals surface area (Å²) in [5.74, 6) is -1.08. The molecular weight excluding hydrogens is 254 g/mol. The fourth-order valence-electron chi connectivity index (χ4n) is 0.932. The Kier molecular flexibility index (Phi) is 6.64. The maximum absolute atomic E-state index is 10.7. The van der Waals surface area contributed by atoms with Crippen LogP contribution in [-0.2, 0) is 0 Å². The van der Waals surface area contributed by atoms with Crippen molar-refractivity contribution in [2.24, 2.45) is 0 Å². The maximum atomic E-state index is 10.7. The van der Waals surface area contributed by atoms with Gasteiger partial charge in [-0.1, -0.05) is 23.2 Å². The van der Waals surface area contributed by atoms with Crippen molar-refractivity contribution in [2.45, 2.75) is 0 Å². The number of benzene rings is 1. The van der Waals surface area contributed by atoms with Crippen molar-refractivity contribution < 1.29 is 66.0 Å². The summed E-state index contributed by atoms with van der Waals surface area (Å²) in [7, 11) is 1.34. The predicted octanol–water partition coefficient (Wildman–Crippen LogP) is -0.296. The first-order chi connectivity index (χ1) is 6.07. The monoisotopic (exact) mass is 259 g/mol. The molecule has 0 radical (unpaired) electrons. The average Bonchev–Trinajstić information content (AvgIpc) is 2.07. The number of carboxylic acid groups (broad SMARTS) is 1. The molecule has 1 N–H and O–H groups in total. The predicted molar refractivity (Wildman–Crippen MR) is 50.0 cm³/mol. The van der Waals surface area contributed by atoms with Crippen LogP contribution in [0.5, 0.6) is 5.75 Å². The van der Waals surface area contributed by atoms with Gasteiger partial charge in [-0.05, 0) is 12.1 Å². The number of rotatable bonds is 2. The van der Waals surface area contributed by atoms with Crippen LogP contribution in [0, 0.1) is 0 Å². The summed E-state index contributed by atoms with van der Waals surface area (Å²) in [5.41, 5.74) is -0.114. The van der Waals surface area contributed by atoms with Gasteiger partial charge in [0.05, 0.1) is 17.2 Å². The molecule has 14 heavy (non-hydrogen) atoms. The number of hydrogen-bond donors (Lipinski definition) is 1. The van der Waals surface area contributed by atoms with Crippen molar-refractivity contribution in [3.8, 4) is 5.75 Å². The van der Waals surface area contributed by atoms with E-state index in [0.717, 1.165) is 0 Å². The third-order valence-electron chi connectivity index (χ3n) is 1.48. The van der Waals surface area contributed by atoms with Crippen LogP contribution < -0.4 is 56.1 Å². The van der Waals surface area contributed by atoms with Gasteiger partial charge in [-0.3, -0.25) is 0 Å². The molecule has 0 atom stereocenters. The molecule has 1 aromatic carbocycles. The zero-order valence-corrected chi connectivity index (χ0v) is 12.3. The summed E-state index contributed by atoms with van der Waals surface area (Å²) in [6, 6.07) is 2.89. The molecule has 0 spiro atoms. The largest absolute Gasteiger partial charge is 1.00 e. The van der Waals surface area contributed by atoms with Crippen molar-refractivity contribution >= 4 is 29.2 Å².